The zero-order valence-electron chi connectivity index (χ0n) is 14.6. The molecule has 0 aliphatic rings. The lowest BCUT2D eigenvalue weighted by Crippen LogP contribution is -2.17. The lowest BCUT2D eigenvalue weighted by atomic mass is 10.1. The van der Waals surface area contributed by atoms with Gasteiger partial charge in [0.25, 0.3) is 0 Å². The first kappa shape index (κ1) is 20.6. The second-order valence-electron chi connectivity index (χ2n) is 5.53. The third-order valence-electron chi connectivity index (χ3n) is 3.76. The van der Waals surface area contributed by atoms with Gasteiger partial charge in [0.15, 0.2) is 0 Å². The Bertz CT molecular complexity index is 558. The van der Waals surface area contributed by atoms with Crippen molar-refractivity contribution >= 4 is 31.9 Å². The molecule has 5 heteroatoms. The molecule has 3 nitrogen and oxygen atoms in total. The highest BCUT2D eigenvalue weighted by atomic mass is 79.9. The van der Waals surface area contributed by atoms with Crippen LogP contribution >= 0.6 is 31.9 Å². The Kier molecular flexibility index (Phi) is 9.13. The van der Waals surface area contributed by atoms with Gasteiger partial charge in [0.2, 0.25) is 0 Å². The van der Waals surface area contributed by atoms with Gasteiger partial charge in [-0.2, -0.15) is 0 Å². The Morgan fingerprint density at radius 1 is 0.680 bits per heavy atom. The molecular weight excluding hydrogens is 448 g/mol. The maximum Gasteiger partial charge on any atom is 0.106 e. The fraction of sp³-hybridized carbons (Fsp3) is 0.400. The summed E-state index contributed by atoms with van der Waals surface area (Å²) in [6.07, 6.45) is -0.157. The summed E-state index contributed by atoms with van der Waals surface area (Å²) in [6.45, 7) is 6.27. The zero-order valence-corrected chi connectivity index (χ0v) is 17.8. The summed E-state index contributed by atoms with van der Waals surface area (Å²) < 4.78 is 19.8. The average molecular weight is 472 g/mol. The minimum Gasteiger partial charge on any atom is -0.375 e. The normalized spacial score (nSPS) is 13.6. The minimum absolute atomic E-state index is 0.0784. The fourth-order valence-corrected chi connectivity index (χ4v) is 3.05. The molecule has 0 fully saturated rings. The minimum atomic E-state index is -0.0784. The Hall–Kier alpha value is -0.720. The second-order valence-corrected chi connectivity index (χ2v) is 7.36. The fourth-order valence-electron chi connectivity index (χ4n) is 2.52. The van der Waals surface area contributed by atoms with Crippen molar-refractivity contribution in [2.75, 3.05) is 26.4 Å². The average Bonchev–Trinajstić information content (AvgIpc) is 2.62. The summed E-state index contributed by atoms with van der Waals surface area (Å²) in [5.74, 6) is 0. The van der Waals surface area contributed by atoms with Gasteiger partial charge in [0, 0.05) is 22.2 Å². The first-order valence-electron chi connectivity index (χ1n) is 8.45. The van der Waals surface area contributed by atoms with E-state index in [1.165, 1.54) is 0 Å². The Morgan fingerprint density at radius 2 is 1.04 bits per heavy atom. The largest absolute Gasteiger partial charge is 0.375 e. The van der Waals surface area contributed by atoms with Crippen molar-refractivity contribution in [1.29, 1.82) is 0 Å². The Morgan fingerprint density at radius 3 is 1.36 bits per heavy atom. The predicted molar refractivity (Wildman–Crippen MR) is 108 cm³/mol. The van der Waals surface area contributed by atoms with Crippen LogP contribution in [0.2, 0.25) is 0 Å². The molecule has 2 aromatic rings. The molecule has 0 aliphatic heterocycles. The number of hydrogen-bond donors (Lipinski definition) is 0. The van der Waals surface area contributed by atoms with Gasteiger partial charge in [-0.15, -0.1) is 0 Å². The lowest BCUT2D eigenvalue weighted by Gasteiger charge is -2.21. The van der Waals surface area contributed by atoms with Crippen molar-refractivity contribution in [1.82, 2.24) is 0 Å². The predicted octanol–water partition coefficient (Wildman–Crippen LogP) is 6.08. The van der Waals surface area contributed by atoms with Crippen LogP contribution in [0.3, 0.4) is 0 Å². The summed E-state index contributed by atoms with van der Waals surface area (Å²) >= 11 is 6.92. The van der Waals surface area contributed by atoms with Gasteiger partial charge in [0.05, 0.1) is 13.2 Å². The molecule has 25 heavy (non-hydrogen) atoms. The topological polar surface area (TPSA) is 27.7 Å². The van der Waals surface area contributed by atoms with Gasteiger partial charge < -0.3 is 14.2 Å². The van der Waals surface area contributed by atoms with Crippen molar-refractivity contribution in [3.63, 3.8) is 0 Å². The molecular formula is C20H24Br2O3. The van der Waals surface area contributed by atoms with E-state index >= 15 is 0 Å². The van der Waals surface area contributed by atoms with E-state index in [1.807, 2.05) is 38.1 Å². The van der Waals surface area contributed by atoms with E-state index in [1.54, 1.807) is 0 Å². The maximum atomic E-state index is 5.96. The molecule has 2 unspecified atom stereocenters. The van der Waals surface area contributed by atoms with Crippen LogP contribution in [0.15, 0.2) is 57.5 Å². The maximum absolute atomic E-state index is 5.96. The summed E-state index contributed by atoms with van der Waals surface area (Å²) in [4.78, 5) is 0. The molecule has 0 bridgehead atoms. The van der Waals surface area contributed by atoms with Crippen molar-refractivity contribution in [2.24, 2.45) is 0 Å². The molecule has 0 aromatic heterocycles. The van der Waals surface area contributed by atoms with E-state index in [0.717, 1.165) is 20.1 Å². The van der Waals surface area contributed by atoms with Gasteiger partial charge in [-0.1, -0.05) is 56.1 Å². The van der Waals surface area contributed by atoms with Crippen LogP contribution in [0.5, 0.6) is 0 Å². The van der Waals surface area contributed by atoms with Gasteiger partial charge in [-0.3, -0.25) is 0 Å². The molecule has 2 atom stereocenters. The lowest BCUT2D eigenvalue weighted by molar-refractivity contribution is -0.0554. The molecule has 0 spiro atoms. The molecule has 2 aromatic carbocycles. The molecule has 0 saturated carbocycles. The molecule has 0 radical (unpaired) electrons. The highest BCUT2D eigenvalue weighted by molar-refractivity contribution is 9.10. The summed E-state index contributed by atoms with van der Waals surface area (Å²) in [7, 11) is 0. The van der Waals surface area contributed by atoms with Gasteiger partial charge in [-0.05, 0) is 49.2 Å². The number of rotatable bonds is 10. The van der Waals surface area contributed by atoms with Crippen LogP contribution < -0.4 is 0 Å². The van der Waals surface area contributed by atoms with Crippen LogP contribution in [0.25, 0.3) is 0 Å². The number of benzene rings is 2. The highest BCUT2D eigenvalue weighted by Crippen LogP contribution is 2.23. The van der Waals surface area contributed by atoms with E-state index in [9.17, 15) is 0 Å². The number of halogens is 2. The van der Waals surface area contributed by atoms with E-state index in [4.69, 9.17) is 14.2 Å². The monoisotopic (exact) mass is 470 g/mol. The number of ether oxygens (including phenoxy) is 3. The van der Waals surface area contributed by atoms with Gasteiger partial charge in [0.1, 0.15) is 12.2 Å². The van der Waals surface area contributed by atoms with Gasteiger partial charge >= 0.3 is 0 Å². The van der Waals surface area contributed by atoms with Crippen molar-refractivity contribution in [2.45, 2.75) is 26.1 Å². The molecule has 0 amide bonds. The third kappa shape index (κ3) is 6.83. The zero-order chi connectivity index (χ0) is 18.1. The van der Waals surface area contributed by atoms with Crippen LogP contribution in [-0.4, -0.2) is 26.4 Å². The summed E-state index contributed by atoms with van der Waals surface area (Å²) in [5, 5.41) is 0. The van der Waals surface area contributed by atoms with E-state index in [2.05, 4.69) is 56.1 Å². The molecule has 0 saturated heterocycles. The Labute approximate surface area is 166 Å². The Balaban J connectivity index is 1.96. The third-order valence-corrected chi connectivity index (χ3v) is 4.82. The van der Waals surface area contributed by atoms with Gasteiger partial charge in [-0.25, -0.2) is 0 Å². The first-order chi connectivity index (χ1) is 12.1. The van der Waals surface area contributed by atoms with Crippen molar-refractivity contribution in [3.05, 3.63) is 68.6 Å². The standard InChI is InChI=1S/C20H24Br2O3/c1-3-24-19(15-5-9-17(21)10-6-15)13-23-14-20(25-4-2)16-7-11-18(22)12-8-16/h5-12,19-20H,3-4,13-14H2,1-2H3. The number of hydrogen-bond acceptors (Lipinski definition) is 3. The summed E-state index contributed by atoms with van der Waals surface area (Å²) in [5.41, 5.74) is 2.23. The van der Waals surface area contributed by atoms with Crippen LogP contribution in [0, 0.1) is 0 Å². The van der Waals surface area contributed by atoms with Crippen LogP contribution in [-0.2, 0) is 14.2 Å². The van der Waals surface area contributed by atoms with Crippen molar-refractivity contribution < 1.29 is 14.2 Å². The van der Waals surface area contributed by atoms with Crippen LogP contribution in [0.1, 0.15) is 37.2 Å². The van der Waals surface area contributed by atoms with E-state index < -0.39 is 0 Å². The molecule has 0 aliphatic carbocycles. The van der Waals surface area contributed by atoms with Crippen molar-refractivity contribution in [3.8, 4) is 0 Å². The summed E-state index contributed by atoms with van der Waals surface area (Å²) in [6, 6.07) is 16.3. The van der Waals surface area contributed by atoms with Crippen LogP contribution in [0.4, 0.5) is 0 Å². The smallest absolute Gasteiger partial charge is 0.106 e. The molecule has 136 valence electrons. The second kappa shape index (κ2) is 11.1. The van der Waals surface area contributed by atoms with E-state index in [-0.39, 0.29) is 12.2 Å². The quantitative estimate of drug-likeness (QED) is 0.420. The SMILES string of the molecule is CCOC(COCC(OCC)c1ccc(Br)cc1)c1ccc(Br)cc1. The van der Waals surface area contributed by atoms with E-state index in [0.29, 0.717) is 26.4 Å². The molecule has 2 rings (SSSR count). The molecule has 0 heterocycles. The first-order valence-corrected chi connectivity index (χ1v) is 10.0. The highest BCUT2D eigenvalue weighted by Gasteiger charge is 2.16. The molecule has 0 N–H and O–H groups in total.